The smallest absolute Gasteiger partial charge is 0.159 e. The molecule has 2 fully saturated rings. The lowest BCUT2D eigenvalue weighted by Gasteiger charge is -2.26. The zero-order chi connectivity index (χ0) is 17.4. The number of nitrogens with one attached hydrogen (secondary N) is 1. The fourth-order valence-corrected chi connectivity index (χ4v) is 3.27. The third-order valence-corrected chi connectivity index (χ3v) is 4.82. The van der Waals surface area contributed by atoms with Crippen molar-refractivity contribution in [3.63, 3.8) is 0 Å². The van der Waals surface area contributed by atoms with Crippen LogP contribution in [-0.4, -0.2) is 34.3 Å². The molecule has 25 heavy (non-hydrogen) atoms. The number of anilines is 2. The third-order valence-electron chi connectivity index (χ3n) is 4.82. The Morgan fingerprint density at radius 3 is 2.76 bits per heavy atom. The molecule has 0 amide bonds. The van der Waals surface area contributed by atoms with E-state index in [0.717, 1.165) is 24.3 Å². The molecule has 132 valence electrons. The average Bonchev–Trinajstić information content (AvgIpc) is 3.36. The van der Waals surface area contributed by atoms with Crippen molar-refractivity contribution in [2.75, 3.05) is 23.3 Å². The summed E-state index contributed by atoms with van der Waals surface area (Å²) in [6.07, 6.45) is 3.89. The molecule has 1 saturated heterocycles. The van der Waals surface area contributed by atoms with Crippen molar-refractivity contribution < 1.29 is 13.9 Å². The Labute approximate surface area is 144 Å². The number of nitrogens with zero attached hydrogens (tertiary/aromatic N) is 3. The Hall–Kier alpha value is -2.28. The summed E-state index contributed by atoms with van der Waals surface area (Å²) < 4.78 is 26.8. The Bertz CT molecular complexity index is 768. The molecule has 1 aromatic heterocycles. The zero-order valence-corrected chi connectivity index (χ0v) is 13.7. The van der Waals surface area contributed by atoms with Crippen molar-refractivity contribution in [2.45, 2.75) is 31.4 Å². The summed E-state index contributed by atoms with van der Waals surface area (Å²) in [5.41, 5.74) is 0.626. The molecule has 0 bridgehead atoms. The fraction of sp³-hybridized carbons (Fsp3) is 0.444. The van der Waals surface area contributed by atoms with E-state index in [-0.39, 0.29) is 6.04 Å². The Balaban J connectivity index is 1.58. The van der Waals surface area contributed by atoms with E-state index >= 15 is 0 Å². The first kappa shape index (κ1) is 16.2. The third kappa shape index (κ3) is 3.56. The Kier molecular flexibility index (Phi) is 4.25. The molecule has 1 saturated carbocycles. The van der Waals surface area contributed by atoms with Crippen LogP contribution >= 0.6 is 0 Å². The van der Waals surface area contributed by atoms with Crippen LogP contribution in [0.4, 0.5) is 20.4 Å². The van der Waals surface area contributed by atoms with Gasteiger partial charge in [0, 0.05) is 19.2 Å². The SMILES string of the molecule is O[C@H]1C[C@H](c2ccc(F)c(F)c2)N(c2cc(NCC3CC3)ncn2)C1. The van der Waals surface area contributed by atoms with Gasteiger partial charge in [-0.05, 0) is 42.9 Å². The fourth-order valence-electron chi connectivity index (χ4n) is 3.27. The van der Waals surface area contributed by atoms with Crippen LogP contribution in [-0.2, 0) is 0 Å². The minimum Gasteiger partial charge on any atom is -0.391 e. The highest BCUT2D eigenvalue weighted by atomic mass is 19.2. The summed E-state index contributed by atoms with van der Waals surface area (Å²) in [5.74, 6) is 0.375. The molecule has 1 aliphatic heterocycles. The molecule has 2 atom stereocenters. The molecule has 2 heterocycles. The average molecular weight is 346 g/mol. The molecule has 5 nitrogen and oxygen atoms in total. The molecular formula is C18H20F2N4O. The van der Waals surface area contributed by atoms with E-state index in [9.17, 15) is 13.9 Å². The van der Waals surface area contributed by atoms with E-state index < -0.39 is 17.7 Å². The number of halogens is 2. The number of aliphatic hydroxyl groups excluding tert-OH is 1. The number of hydrogen-bond donors (Lipinski definition) is 2. The predicted octanol–water partition coefficient (Wildman–Crippen LogP) is 2.89. The van der Waals surface area contributed by atoms with E-state index in [2.05, 4.69) is 15.3 Å². The van der Waals surface area contributed by atoms with Gasteiger partial charge in [0.15, 0.2) is 11.6 Å². The lowest BCUT2D eigenvalue weighted by molar-refractivity contribution is 0.194. The summed E-state index contributed by atoms with van der Waals surface area (Å²) in [6, 6.07) is 5.46. The minimum absolute atomic E-state index is 0.253. The summed E-state index contributed by atoms with van der Waals surface area (Å²) in [6.45, 7) is 1.29. The Morgan fingerprint density at radius 1 is 1.16 bits per heavy atom. The molecule has 0 spiro atoms. The molecule has 2 N–H and O–H groups in total. The number of aliphatic hydroxyl groups is 1. The number of hydrogen-bond acceptors (Lipinski definition) is 5. The maximum absolute atomic E-state index is 13.6. The van der Waals surface area contributed by atoms with Gasteiger partial charge in [-0.15, -0.1) is 0 Å². The van der Waals surface area contributed by atoms with Crippen LogP contribution in [0.1, 0.15) is 30.9 Å². The van der Waals surface area contributed by atoms with Gasteiger partial charge in [0.1, 0.15) is 18.0 Å². The van der Waals surface area contributed by atoms with Crippen LogP contribution < -0.4 is 10.2 Å². The second-order valence-electron chi connectivity index (χ2n) is 6.82. The van der Waals surface area contributed by atoms with E-state index in [0.29, 0.717) is 24.3 Å². The molecule has 2 aromatic rings. The van der Waals surface area contributed by atoms with Crippen LogP contribution in [0.25, 0.3) is 0 Å². The van der Waals surface area contributed by atoms with E-state index in [1.165, 1.54) is 25.2 Å². The Morgan fingerprint density at radius 2 is 2.00 bits per heavy atom. The van der Waals surface area contributed by atoms with Crippen LogP contribution in [0.15, 0.2) is 30.6 Å². The number of rotatable bonds is 5. The summed E-state index contributed by atoms with van der Waals surface area (Å²) in [7, 11) is 0. The predicted molar refractivity (Wildman–Crippen MR) is 90.3 cm³/mol. The number of benzene rings is 1. The highest BCUT2D eigenvalue weighted by Gasteiger charge is 2.33. The van der Waals surface area contributed by atoms with Crippen molar-refractivity contribution in [1.29, 1.82) is 0 Å². The number of aromatic nitrogens is 2. The van der Waals surface area contributed by atoms with Crippen molar-refractivity contribution in [3.05, 3.63) is 47.8 Å². The largest absolute Gasteiger partial charge is 0.391 e. The molecule has 1 aliphatic carbocycles. The van der Waals surface area contributed by atoms with Crippen molar-refractivity contribution in [3.8, 4) is 0 Å². The van der Waals surface area contributed by atoms with Crippen LogP contribution in [0, 0.1) is 17.6 Å². The molecule has 7 heteroatoms. The van der Waals surface area contributed by atoms with E-state index in [1.54, 1.807) is 6.07 Å². The van der Waals surface area contributed by atoms with Crippen molar-refractivity contribution >= 4 is 11.6 Å². The van der Waals surface area contributed by atoms with Gasteiger partial charge in [-0.2, -0.15) is 0 Å². The first-order chi connectivity index (χ1) is 12.1. The lowest BCUT2D eigenvalue weighted by atomic mass is 10.0. The number of β-amino-alcohol motifs (C(OH)–C–C–N with tert-alkyl or cyclic N) is 1. The summed E-state index contributed by atoms with van der Waals surface area (Å²) in [4.78, 5) is 10.5. The normalized spacial score (nSPS) is 23.1. The highest BCUT2D eigenvalue weighted by Crippen LogP contribution is 2.36. The molecule has 1 aromatic carbocycles. The van der Waals surface area contributed by atoms with E-state index in [1.807, 2.05) is 11.0 Å². The van der Waals surface area contributed by atoms with Gasteiger partial charge in [0.05, 0.1) is 12.1 Å². The van der Waals surface area contributed by atoms with Gasteiger partial charge in [-0.1, -0.05) is 6.07 Å². The van der Waals surface area contributed by atoms with Gasteiger partial charge in [-0.3, -0.25) is 0 Å². The second-order valence-corrected chi connectivity index (χ2v) is 6.82. The van der Waals surface area contributed by atoms with Gasteiger partial charge in [0.2, 0.25) is 0 Å². The van der Waals surface area contributed by atoms with E-state index in [4.69, 9.17) is 0 Å². The van der Waals surface area contributed by atoms with Crippen LogP contribution in [0.3, 0.4) is 0 Å². The molecular weight excluding hydrogens is 326 g/mol. The van der Waals surface area contributed by atoms with Gasteiger partial charge in [-0.25, -0.2) is 18.7 Å². The topological polar surface area (TPSA) is 61.3 Å². The first-order valence-corrected chi connectivity index (χ1v) is 8.55. The van der Waals surface area contributed by atoms with Gasteiger partial charge >= 0.3 is 0 Å². The summed E-state index contributed by atoms with van der Waals surface area (Å²) in [5, 5.41) is 13.4. The second kappa shape index (κ2) is 6.55. The first-order valence-electron chi connectivity index (χ1n) is 8.55. The summed E-state index contributed by atoms with van der Waals surface area (Å²) >= 11 is 0. The van der Waals surface area contributed by atoms with Gasteiger partial charge in [0.25, 0.3) is 0 Å². The monoisotopic (exact) mass is 346 g/mol. The molecule has 0 unspecified atom stereocenters. The maximum Gasteiger partial charge on any atom is 0.159 e. The molecule has 2 aliphatic rings. The van der Waals surface area contributed by atoms with Crippen molar-refractivity contribution in [1.82, 2.24) is 9.97 Å². The van der Waals surface area contributed by atoms with Crippen LogP contribution in [0.5, 0.6) is 0 Å². The molecule has 0 radical (unpaired) electrons. The van der Waals surface area contributed by atoms with Crippen molar-refractivity contribution in [2.24, 2.45) is 5.92 Å². The zero-order valence-electron chi connectivity index (χ0n) is 13.7. The van der Waals surface area contributed by atoms with Crippen LogP contribution in [0.2, 0.25) is 0 Å². The minimum atomic E-state index is -0.881. The molecule has 4 rings (SSSR count). The van der Waals surface area contributed by atoms with Gasteiger partial charge < -0.3 is 15.3 Å². The lowest BCUT2D eigenvalue weighted by Crippen LogP contribution is -2.25. The highest BCUT2D eigenvalue weighted by molar-refractivity contribution is 5.51. The maximum atomic E-state index is 13.6. The quantitative estimate of drug-likeness (QED) is 0.872. The standard InChI is InChI=1S/C18H20F2N4O/c19-14-4-3-12(5-15(14)20)16-6-13(25)9-24(16)18-7-17(22-10-23-18)21-8-11-1-2-11/h3-5,7,10-11,13,16,25H,1-2,6,8-9H2,(H,21,22,23)/t13-,16+/m0/s1.